The lowest BCUT2D eigenvalue weighted by molar-refractivity contribution is -0.119. The molecule has 112 valence electrons. The fourth-order valence-corrected chi connectivity index (χ4v) is 2.31. The fraction of sp³-hybridized carbons (Fsp3) is 0.176. The second kappa shape index (κ2) is 5.99. The molecule has 1 N–H and O–H groups in total. The van der Waals surface area contributed by atoms with Gasteiger partial charge in [0.05, 0.1) is 5.69 Å². The summed E-state index contributed by atoms with van der Waals surface area (Å²) in [5.74, 6) is -0.176. The van der Waals surface area contributed by atoms with Crippen LogP contribution in [0.15, 0.2) is 48.8 Å². The maximum atomic E-state index is 11.6. The number of fused-ring (bicyclic) bond motifs is 1. The second-order valence-electron chi connectivity index (χ2n) is 5.16. The Morgan fingerprint density at radius 1 is 1.32 bits per heavy atom. The molecule has 2 aromatic heterocycles. The van der Waals surface area contributed by atoms with E-state index in [-0.39, 0.29) is 12.5 Å². The SMILES string of the molecule is COCC(=O)Nc1cccc(-c2cn3ccc(C)cc3n2)c1. The Morgan fingerprint density at radius 2 is 2.18 bits per heavy atom. The third kappa shape index (κ3) is 2.99. The first-order valence-electron chi connectivity index (χ1n) is 7.00. The van der Waals surface area contributed by atoms with Gasteiger partial charge in [-0.1, -0.05) is 12.1 Å². The third-order valence-corrected chi connectivity index (χ3v) is 3.33. The monoisotopic (exact) mass is 295 g/mol. The van der Waals surface area contributed by atoms with Crippen LogP contribution in [-0.4, -0.2) is 29.0 Å². The number of anilines is 1. The average molecular weight is 295 g/mol. The molecule has 0 aliphatic heterocycles. The van der Waals surface area contributed by atoms with Crippen molar-refractivity contribution >= 4 is 17.2 Å². The average Bonchev–Trinajstić information content (AvgIpc) is 2.90. The minimum Gasteiger partial charge on any atom is -0.375 e. The fourth-order valence-electron chi connectivity index (χ4n) is 2.31. The Kier molecular flexibility index (Phi) is 3.89. The number of methoxy groups -OCH3 is 1. The van der Waals surface area contributed by atoms with E-state index in [2.05, 4.69) is 10.3 Å². The van der Waals surface area contributed by atoms with E-state index in [1.165, 1.54) is 12.7 Å². The molecule has 0 unspecified atom stereocenters. The summed E-state index contributed by atoms with van der Waals surface area (Å²) in [6, 6.07) is 11.7. The number of carbonyl (C=O) groups is 1. The highest BCUT2D eigenvalue weighted by atomic mass is 16.5. The number of hydrogen-bond donors (Lipinski definition) is 1. The number of pyridine rings is 1. The van der Waals surface area contributed by atoms with Crippen LogP contribution in [0, 0.1) is 6.92 Å². The highest BCUT2D eigenvalue weighted by Crippen LogP contribution is 2.22. The van der Waals surface area contributed by atoms with Gasteiger partial charge in [0.2, 0.25) is 5.91 Å². The van der Waals surface area contributed by atoms with Gasteiger partial charge in [-0.15, -0.1) is 0 Å². The van der Waals surface area contributed by atoms with E-state index in [1.54, 1.807) is 0 Å². The van der Waals surface area contributed by atoms with Crippen LogP contribution in [0.3, 0.4) is 0 Å². The standard InChI is InChI=1S/C17H17N3O2/c1-12-6-7-20-10-15(19-16(20)8-12)13-4-3-5-14(9-13)18-17(21)11-22-2/h3-10H,11H2,1-2H3,(H,18,21). The van der Waals surface area contributed by atoms with E-state index in [1.807, 2.05) is 60.1 Å². The Balaban J connectivity index is 1.91. The number of amides is 1. The molecule has 0 radical (unpaired) electrons. The summed E-state index contributed by atoms with van der Waals surface area (Å²) in [4.78, 5) is 16.2. The molecule has 2 heterocycles. The third-order valence-electron chi connectivity index (χ3n) is 3.33. The van der Waals surface area contributed by atoms with Crippen LogP contribution in [-0.2, 0) is 9.53 Å². The normalized spacial score (nSPS) is 10.8. The zero-order chi connectivity index (χ0) is 15.5. The minimum absolute atomic E-state index is 0.0396. The lowest BCUT2D eigenvalue weighted by atomic mass is 10.1. The van der Waals surface area contributed by atoms with Crippen molar-refractivity contribution < 1.29 is 9.53 Å². The molecule has 0 spiro atoms. The number of hydrogen-bond acceptors (Lipinski definition) is 3. The molecule has 0 aliphatic carbocycles. The molecule has 1 amide bonds. The minimum atomic E-state index is -0.176. The van der Waals surface area contributed by atoms with Gasteiger partial charge in [0.25, 0.3) is 0 Å². The highest BCUT2D eigenvalue weighted by molar-refractivity contribution is 5.92. The number of imidazole rings is 1. The first kappa shape index (κ1) is 14.3. The maximum Gasteiger partial charge on any atom is 0.250 e. The number of nitrogens with zero attached hydrogens (tertiary/aromatic N) is 2. The summed E-state index contributed by atoms with van der Waals surface area (Å²) in [7, 11) is 1.49. The predicted octanol–water partition coefficient (Wildman–Crippen LogP) is 2.89. The van der Waals surface area contributed by atoms with Gasteiger partial charge in [-0.2, -0.15) is 0 Å². The van der Waals surface area contributed by atoms with Crippen LogP contribution in [0.5, 0.6) is 0 Å². The Bertz CT molecular complexity index is 824. The van der Waals surface area contributed by atoms with E-state index in [0.717, 1.165) is 22.6 Å². The van der Waals surface area contributed by atoms with Crippen LogP contribution in [0.4, 0.5) is 5.69 Å². The van der Waals surface area contributed by atoms with Gasteiger partial charge in [0.1, 0.15) is 12.3 Å². The van der Waals surface area contributed by atoms with Crippen molar-refractivity contribution in [1.29, 1.82) is 0 Å². The number of aryl methyl sites for hydroxylation is 1. The molecule has 0 fully saturated rings. The van der Waals surface area contributed by atoms with Gasteiger partial charge in [-0.05, 0) is 36.8 Å². The number of benzene rings is 1. The van der Waals surface area contributed by atoms with Crippen molar-refractivity contribution in [2.24, 2.45) is 0 Å². The number of rotatable bonds is 4. The summed E-state index contributed by atoms with van der Waals surface area (Å²) in [6.45, 7) is 2.08. The lowest BCUT2D eigenvalue weighted by Crippen LogP contribution is -2.16. The number of aromatic nitrogens is 2. The largest absolute Gasteiger partial charge is 0.375 e. The molecular weight excluding hydrogens is 278 g/mol. The predicted molar refractivity (Wildman–Crippen MR) is 85.9 cm³/mol. The van der Waals surface area contributed by atoms with E-state index in [4.69, 9.17) is 4.74 Å². The first-order chi connectivity index (χ1) is 10.7. The molecule has 0 aliphatic rings. The molecule has 3 aromatic rings. The molecule has 5 nitrogen and oxygen atoms in total. The van der Waals surface area contributed by atoms with Crippen molar-refractivity contribution in [3.05, 3.63) is 54.4 Å². The van der Waals surface area contributed by atoms with Gasteiger partial charge in [-0.3, -0.25) is 4.79 Å². The number of nitrogens with one attached hydrogen (secondary N) is 1. The van der Waals surface area contributed by atoms with Crippen LogP contribution in [0.1, 0.15) is 5.56 Å². The smallest absolute Gasteiger partial charge is 0.250 e. The zero-order valence-corrected chi connectivity index (χ0v) is 12.5. The van der Waals surface area contributed by atoms with E-state index < -0.39 is 0 Å². The van der Waals surface area contributed by atoms with Crippen LogP contribution < -0.4 is 5.32 Å². The van der Waals surface area contributed by atoms with Gasteiger partial charge in [-0.25, -0.2) is 4.98 Å². The highest BCUT2D eigenvalue weighted by Gasteiger charge is 2.07. The van der Waals surface area contributed by atoms with Crippen LogP contribution >= 0.6 is 0 Å². The molecule has 0 saturated heterocycles. The van der Waals surface area contributed by atoms with Crippen molar-refractivity contribution in [2.45, 2.75) is 6.92 Å². The summed E-state index contributed by atoms with van der Waals surface area (Å²) >= 11 is 0. The quantitative estimate of drug-likeness (QED) is 0.805. The van der Waals surface area contributed by atoms with Gasteiger partial charge < -0.3 is 14.5 Å². The van der Waals surface area contributed by atoms with Crippen molar-refractivity contribution in [3.63, 3.8) is 0 Å². The molecule has 22 heavy (non-hydrogen) atoms. The second-order valence-corrected chi connectivity index (χ2v) is 5.16. The van der Waals surface area contributed by atoms with Gasteiger partial charge in [0.15, 0.2) is 0 Å². The topological polar surface area (TPSA) is 55.6 Å². The van der Waals surface area contributed by atoms with Crippen molar-refractivity contribution in [3.8, 4) is 11.3 Å². The van der Waals surface area contributed by atoms with E-state index in [9.17, 15) is 4.79 Å². The van der Waals surface area contributed by atoms with Crippen molar-refractivity contribution in [2.75, 3.05) is 19.0 Å². The molecular formula is C17H17N3O2. The first-order valence-corrected chi connectivity index (χ1v) is 7.00. The summed E-state index contributed by atoms with van der Waals surface area (Å²) in [5.41, 5.74) is 4.63. The molecule has 0 atom stereocenters. The molecule has 3 rings (SSSR count). The Labute approximate surface area is 128 Å². The summed E-state index contributed by atoms with van der Waals surface area (Å²) in [5, 5.41) is 2.80. The van der Waals surface area contributed by atoms with Crippen molar-refractivity contribution in [1.82, 2.24) is 9.38 Å². The number of ether oxygens (including phenoxy) is 1. The maximum absolute atomic E-state index is 11.6. The molecule has 0 saturated carbocycles. The van der Waals surface area contributed by atoms with E-state index in [0.29, 0.717) is 0 Å². The molecule has 5 heteroatoms. The van der Waals surface area contributed by atoms with E-state index >= 15 is 0 Å². The number of carbonyl (C=O) groups excluding carboxylic acids is 1. The van der Waals surface area contributed by atoms with Gasteiger partial charge in [0, 0.05) is 30.8 Å². The van der Waals surface area contributed by atoms with Gasteiger partial charge >= 0.3 is 0 Å². The Hall–Kier alpha value is -2.66. The summed E-state index contributed by atoms with van der Waals surface area (Å²) in [6.07, 6.45) is 3.97. The lowest BCUT2D eigenvalue weighted by Gasteiger charge is -2.05. The molecule has 0 bridgehead atoms. The Morgan fingerprint density at radius 3 is 3.00 bits per heavy atom. The molecule has 1 aromatic carbocycles. The van der Waals surface area contributed by atoms with Crippen LogP contribution in [0.25, 0.3) is 16.9 Å². The van der Waals surface area contributed by atoms with Crippen LogP contribution in [0.2, 0.25) is 0 Å². The summed E-state index contributed by atoms with van der Waals surface area (Å²) < 4.78 is 6.80. The zero-order valence-electron chi connectivity index (χ0n) is 12.5.